The summed E-state index contributed by atoms with van der Waals surface area (Å²) in [7, 11) is 0. The van der Waals surface area contributed by atoms with Gasteiger partial charge in [0.25, 0.3) is 0 Å². The average Bonchev–Trinajstić information content (AvgIpc) is 2.99. The van der Waals surface area contributed by atoms with Crippen LogP contribution in [0, 0.1) is 3.57 Å². The summed E-state index contributed by atoms with van der Waals surface area (Å²) in [4.78, 5) is 2.37. The minimum Gasteiger partial charge on any atom is -0.492 e. The molecule has 0 spiro atoms. The Morgan fingerprint density at radius 1 is 0.698 bits per heavy atom. The first-order chi connectivity index (χ1) is 20.7. The van der Waals surface area contributed by atoms with Gasteiger partial charge in [-0.2, -0.15) is 0 Å². The van der Waals surface area contributed by atoms with E-state index in [9.17, 15) is 0 Å². The summed E-state index contributed by atoms with van der Waals surface area (Å²) in [5.74, 6) is 2.78. The highest BCUT2D eigenvalue weighted by atomic mass is 127. The summed E-state index contributed by atoms with van der Waals surface area (Å²) in [5.41, 5.74) is 22.6. The van der Waals surface area contributed by atoms with Gasteiger partial charge in [0.2, 0.25) is 0 Å². The zero-order chi connectivity index (χ0) is 31.9. The maximum atomic E-state index is 5.84. The van der Waals surface area contributed by atoms with E-state index in [1.807, 2.05) is 85.8 Å². The van der Waals surface area contributed by atoms with Crippen LogP contribution in [-0.4, -0.2) is 37.7 Å². The van der Waals surface area contributed by atoms with Crippen LogP contribution in [0.4, 0.5) is 0 Å². The third-order valence-corrected chi connectivity index (χ3v) is 8.44. The van der Waals surface area contributed by atoms with Gasteiger partial charge in [0.15, 0.2) is 0 Å². The van der Waals surface area contributed by atoms with Crippen molar-refractivity contribution in [3.8, 4) is 5.75 Å². The van der Waals surface area contributed by atoms with E-state index in [1.54, 1.807) is 29.6 Å². The van der Waals surface area contributed by atoms with Crippen LogP contribution in [-0.2, 0) is 0 Å². The molecule has 11 heteroatoms. The highest BCUT2D eigenvalue weighted by Gasteiger charge is 2.01. The van der Waals surface area contributed by atoms with Gasteiger partial charge in [0.05, 0.1) is 0 Å². The van der Waals surface area contributed by atoms with Crippen molar-refractivity contribution in [2.75, 3.05) is 37.7 Å². The van der Waals surface area contributed by atoms with Crippen molar-refractivity contribution >= 4 is 80.9 Å². The summed E-state index contributed by atoms with van der Waals surface area (Å²) >= 11 is 23.1. The lowest BCUT2D eigenvalue weighted by molar-refractivity contribution is 0.328. The fraction of sp³-hybridized carbons (Fsp3) is 0.250. The van der Waals surface area contributed by atoms with E-state index < -0.39 is 0 Å². The number of hydrogen-bond donors (Lipinski definition) is 4. The topological polar surface area (TPSA) is 113 Å². The SMILES string of the molecule is CC(N)c1ccccc1Cl.NCCOc1cccc(I)c1.NCCSc1cc(Cl)cc(Cl)c1.NCCSc1ccccc1. The molecule has 4 rings (SSSR count). The zero-order valence-electron chi connectivity index (χ0n) is 24.1. The lowest BCUT2D eigenvalue weighted by Gasteiger charge is -2.05. The van der Waals surface area contributed by atoms with Crippen molar-refractivity contribution in [3.05, 3.63) is 121 Å². The molecule has 4 aromatic carbocycles. The number of halogens is 4. The van der Waals surface area contributed by atoms with E-state index >= 15 is 0 Å². The fourth-order valence-electron chi connectivity index (χ4n) is 3.06. The molecule has 4 aromatic rings. The van der Waals surface area contributed by atoms with Crippen LogP contribution in [0.5, 0.6) is 5.75 Å². The molecule has 0 saturated carbocycles. The Hall–Kier alpha value is -1.18. The summed E-state index contributed by atoms with van der Waals surface area (Å²) in [5, 5.41) is 2.08. The first-order valence-corrected chi connectivity index (χ1v) is 17.6. The molecule has 0 fully saturated rings. The predicted octanol–water partition coefficient (Wildman–Crippen LogP) is 8.77. The van der Waals surface area contributed by atoms with Crippen LogP contribution in [0.15, 0.2) is 107 Å². The maximum Gasteiger partial charge on any atom is 0.120 e. The number of ether oxygens (including phenoxy) is 1. The summed E-state index contributed by atoms with van der Waals surface area (Å²) in [6.45, 7) is 4.47. The standard InChI is InChI=1S/C8H9Cl2NS.C8H10ClN.C8H10INO.C8H11NS/c9-6-3-7(10)5-8(4-6)12-2-1-11;1-6(10)7-4-2-3-5-8(7)9;9-7-2-1-3-8(6-7)11-5-4-10;9-6-7-10-8-4-2-1-3-5-8/h3-5H,1-2,11H2;2-6H,10H2,1H3;1-3,6H,4-5,10H2;1-5H,6-7,9H2. The normalized spacial score (nSPS) is 10.6. The molecule has 8 N–H and O–H groups in total. The molecule has 0 aliphatic heterocycles. The molecule has 5 nitrogen and oxygen atoms in total. The van der Waals surface area contributed by atoms with Crippen molar-refractivity contribution in [2.45, 2.75) is 22.8 Å². The summed E-state index contributed by atoms with van der Waals surface area (Å²) in [6.07, 6.45) is 0. The highest BCUT2D eigenvalue weighted by Crippen LogP contribution is 2.26. The molecule has 0 aromatic heterocycles. The third kappa shape index (κ3) is 19.7. The number of thioether (sulfide) groups is 2. The first-order valence-electron chi connectivity index (χ1n) is 13.4. The summed E-state index contributed by atoms with van der Waals surface area (Å²) < 4.78 is 6.48. The molecule has 0 radical (unpaired) electrons. The number of nitrogens with two attached hydrogens (primary N) is 4. The molecular formula is C32H40Cl3IN4OS2. The van der Waals surface area contributed by atoms with Crippen molar-refractivity contribution in [2.24, 2.45) is 22.9 Å². The smallest absolute Gasteiger partial charge is 0.120 e. The highest BCUT2D eigenvalue weighted by molar-refractivity contribution is 14.1. The van der Waals surface area contributed by atoms with Crippen molar-refractivity contribution in [3.63, 3.8) is 0 Å². The molecule has 0 bridgehead atoms. The van der Waals surface area contributed by atoms with Crippen LogP contribution in [0.3, 0.4) is 0 Å². The van der Waals surface area contributed by atoms with E-state index in [0.29, 0.717) is 29.7 Å². The van der Waals surface area contributed by atoms with Crippen LogP contribution < -0.4 is 27.7 Å². The number of rotatable bonds is 10. The Balaban J connectivity index is 0.000000287. The van der Waals surface area contributed by atoms with Crippen molar-refractivity contribution < 1.29 is 4.74 Å². The van der Waals surface area contributed by atoms with Gasteiger partial charge < -0.3 is 27.7 Å². The Morgan fingerprint density at radius 2 is 1.28 bits per heavy atom. The largest absolute Gasteiger partial charge is 0.492 e. The molecule has 43 heavy (non-hydrogen) atoms. The van der Waals surface area contributed by atoms with Gasteiger partial charge in [-0.1, -0.05) is 77.3 Å². The number of benzene rings is 4. The molecule has 1 unspecified atom stereocenters. The van der Waals surface area contributed by atoms with E-state index in [1.165, 1.54) is 8.47 Å². The average molecular weight is 794 g/mol. The van der Waals surface area contributed by atoms with Crippen molar-refractivity contribution in [1.82, 2.24) is 0 Å². The first kappa shape index (κ1) is 39.8. The van der Waals surface area contributed by atoms with Crippen LogP contribution in [0.1, 0.15) is 18.5 Å². The molecule has 0 saturated heterocycles. The lowest BCUT2D eigenvalue weighted by atomic mass is 10.1. The fourth-order valence-corrected chi connectivity index (χ4v) is 6.02. The van der Waals surface area contributed by atoms with Gasteiger partial charge >= 0.3 is 0 Å². The zero-order valence-corrected chi connectivity index (χ0v) is 30.2. The molecule has 1 atom stereocenters. The van der Waals surface area contributed by atoms with Gasteiger partial charge in [-0.25, -0.2) is 0 Å². The number of hydrogen-bond acceptors (Lipinski definition) is 7. The van der Waals surface area contributed by atoms with E-state index in [-0.39, 0.29) is 6.04 Å². The molecule has 0 aliphatic carbocycles. The van der Waals surface area contributed by atoms with Crippen molar-refractivity contribution in [1.29, 1.82) is 0 Å². The van der Waals surface area contributed by atoms with Gasteiger partial charge in [-0.05, 0) is 89.7 Å². The second kappa shape index (κ2) is 25.1. The Bertz CT molecular complexity index is 1270. The Kier molecular flexibility index (Phi) is 23.2. The summed E-state index contributed by atoms with van der Waals surface area (Å²) in [6, 6.07) is 31.3. The molecule has 0 aliphatic rings. The Labute approximate surface area is 293 Å². The molecule has 234 valence electrons. The quantitative estimate of drug-likeness (QED) is 0.0939. The van der Waals surface area contributed by atoms with Gasteiger partial charge in [0, 0.05) is 65.6 Å². The van der Waals surface area contributed by atoms with E-state index in [4.69, 9.17) is 62.5 Å². The van der Waals surface area contributed by atoms with Crippen LogP contribution in [0.2, 0.25) is 15.1 Å². The van der Waals surface area contributed by atoms with Gasteiger partial charge in [0.1, 0.15) is 12.4 Å². The molecule has 0 heterocycles. The predicted molar refractivity (Wildman–Crippen MR) is 200 cm³/mol. The maximum absolute atomic E-state index is 5.84. The lowest BCUT2D eigenvalue weighted by Crippen LogP contribution is -2.10. The third-order valence-electron chi connectivity index (χ3n) is 4.93. The Morgan fingerprint density at radius 3 is 1.79 bits per heavy atom. The van der Waals surface area contributed by atoms with E-state index in [0.717, 1.165) is 39.3 Å². The molecular weight excluding hydrogens is 754 g/mol. The minimum absolute atomic E-state index is 0.0219. The molecule has 0 amide bonds. The minimum atomic E-state index is 0.0219. The monoisotopic (exact) mass is 792 g/mol. The van der Waals surface area contributed by atoms with E-state index in [2.05, 4.69) is 34.7 Å². The van der Waals surface area contributed by atoms with Gasteiger partial charge in [-0.3, -0.25) is 0 Å². The second-order valence-corrected chi connectivity index (χ2v) is 13.5. The van der Waals surface area contributed by atoms with Crippen LogP contribution >= 0.6 is 80.9 Å². The van der Waals surface area contributed by atoms with Crippen LogP contribution in [0.25, 0.3) is 0 Å². The van der Waals surface area contributed by atoms with Gasteiger partial charge in [-0.15, -0.1) is 23.5 Å². The second-order valence-electron chi connectivity index (χ2n) is 8.60.